The van der Waals surface area contributed by atoms with Crippen LogP contribution in [0, 0.1) is 0 Å². The molecule has 0 bridgehead atoms. The summed E-state index contributed by atoms with van der Waals surface area (Å²) in [5.41, 5.74) is -0.476. The maximum Gasteiger partial charge on any atom is 0.239 e. The van der Waals surface area contributed by atoms with Crippen LogP contribution in [0.25, 0.3) is 0 Å². The van der Waals surface area contributed by atoms with Crippen molar-refractivity contribution < 1.29 is 9.90 Å². The first-order valence-corrected chi connectivity index (χ1v) is 5.61. The lowest BCUT2D eigenvalue weighted by Gasteiger charge is -2.37. The number of nitrogens with zero attached hydrogens (tertiary/aromatic N) is 1. The predicted molar refractivity (Wildman–Crippen MR) is 59.6 cm³/mol. The van der Waals surface area contributed by atoms with E-state index in [9.17, 15) is 9.90 Å². The maximum absolute atomic E-state index is 12.1. The molecule has 88 valence electrons. The molecule has 1 rings (SSSR count). The number of aliphatic hydroxyl groups is 1. The highest BCUT2D eigenvalue weighted by Gasteiger charge is 2.31. The van der Waals surface area contributed by atoms with E-state index in [-0.39, 0.29) is 18.6 Å². The Morgan fingerprint density at radius 1 is 1.53 bits per heavy atom. The van der Waals surface area contributed by atoms with Gasteiger partial charge in [0, 0.05) is 7.05 Å². The largest absolute Gasteiger partial charge is 0.394 e. The minimum absolute atomic E-state index is 0.0119. The van der Waals surface area contributed by atoms with Gasteiger partial charge in [0.2, 0.25) is 5.91 Å². The summed E-state index contributed by atoms with van der Waals surface area (Å²) in [4.78, 5) is 13.7. The molecule has 1 aliphatic rings. The van der Waals surface area contributed by atoms with E-state index in [1.165, 1.54) is 0 Å². The van der Waals surface area contributed by atoms with Crippen LogP contribution >= 0.6 is 0 Å². The van der Waals surface area contributed by atoms with Gasteiger partial charge < -0.3 is 15.3 Å². The maximum atomic E-state index is 12.1. The highest BCUT2D eigenvalue weighted by atomic mass is 16.3. The molecule has 4 heteroatoms. The molecule has 0 aromatic carbocycles. The number of carbonyl (C=O) groups excluding carboxylic acids is 1. The normalized spacial score (nSPS) is 22.5. The molecule has 1 fully saturated rings. The van der Waals surface area contributed by atoms with Crippen molar-refractivity contribution in [1.29, 1.82) is 0 Å². The van der Waals surface area contributed by atoms with Gasteiger partial charge in [-0.05, 0) is 33.2 Å². The number of piperidine rings is 1. The summed E-state index contributed by atoms with van der Waals surface area (Å²) < 4.78 is 0. The molecule has 1 saturated heterocycles. The lowest BCUT2D eigenvalue weighted by molar-refractivity contribution is -0.138. The Balaban J connectivity index is 2.58. The first kappa shape index (κ1) is 12.5. The topological polar surface area (TPSA) is 52.6 Å². The number of hydrogen-bond acceptors (Lipinski definition) is 3. The first-order valence-electron chi connectivity index (χ1n) is 5.61. The Labute approximate surface area is 91.6 Å². The summed E-state index contributed by atoms with van der Waals surface area (Å²) in [7, 11) is 1.76. The second-order valence-electron chi connectivity index (χ2n) is 4.87. The van der Waals surface area contributed by atoms with E-state index in [0.29, 0.717) is 0 Å². The van der Waals surface area contributed by atoms with Crippen molar-refractivity contribution in [3.05, 3.63) is 0 Å². The Morgan fingerprint density at radius 2 is 2.20 bits per heavy atom. The van der Waals surface area contributed by atoms with E-state index < -0.39 is 5.54 Å². The van der Waals surface area contributed by atoms with E-state index in [2.05, 4.69) is 5.32 Å². The third kappa shape index (κ3) is 2.92. The van der Waals surface area contributed by atoms with Crippen molar-refractivity contribution >= 4 is 5.91 Å². The van der Waals surface area contributed by atoms with Crippen LogP contribution in [0.4, 0.5) is 0 Å². The second kappa shape index (κ2) is 4.94. The third-order valence-electron chi connectivity index (χ3n) is 3.23. The van der Waals surface area contributed by atoms with Gasteiger partial charge in [-0.2, -0.15) is 0 Å². The van der Waals surface area contributed by atoms with E-state index in [4.69, 9.17) is 0 Å². The van der Waals surface area contributed by atoms with Gasteiger partial charge in [0.1, 0.15) is 0 Å². The van der Waals surface area contributed by atoms with Gasteiger partial charge in [-0.15, -0.1) is 0 Å². The Kier molecular flexibility index (Phi) is 4.11. The van der Waals surface area contributed by atoms with Crippen molar-refractivity contribution in [3.8, 4) is 0 Å². The fourth-order valence-electron chi connectivity index (χ4n) is 1.70. The molecule has 0 aromatic heterocycles. The standard InChI is InChI=1S/C11H22N2O2/c1-11(2,8-14)13(3)10(15)9-6-4-5-7-12-9/h9,12,14H,4-8H2,1-3H3/t9-/m0/s1. The Morgan fingerprint density at radius 3 is 2.67 bits per heavy atom. The van der Waals surface area contributed by atoms with Gasteiger partial charge in [0.25, 0.3) is 0 Å². The van der Waals surface area contributed by atoms with Crippen LogP contribution in [-0.2, 0) is 4.79 Å². The smallest absolute Gasteiger partial charge is 0.239 e. The van der Waals surface area contributed by atoms with Gasteiger partial charge in [0.05, 0.1) is 18.2 Å². The summed E-state index contributed by atoms with van der Waals surface area (Å²) in [6.07, 6.45) is 3.17. The van der Waals surface area contributed by atoms with Crippen LogP contribution in [0.1, 0.15) is 33.1 Å². The molecule has 1 atom stereocenters. The molecule has 1 aliphatic heterocycles. The number of carbonyl (C=O) groups is 1. The third-order valence-corrected chi connectivity index (χ3v) is 3.23. The van der Waals surface area contributed by atoms with Gasteiger partial charge in [-0.1, -0.05) is 6.42 Å². The first-order chi connectivity index (χ1) is 6.99. The molecule has 0 aromatic rings. The van der Waals surface area contributed by atoms with Crippen molar-refractivity contribution in [2.45, 2.75) is 44.7 Å². The molecule has 2 N–H and O–H groups in total. The zero-order valence-electron chi connectivity index (χ0n) is 9.92. The number of hydrogen-bond donors (Lipinski definition) is 2. The number of rotatable bonds is 3. The monoisotopic (exact) mass is 214 g/mol. The summed E-state index contributed by atoms with van der Waals surface area (Å²) in [6.45, 7) is 4.65. The molecule has 0 spiro atoms. The molecular formula is C11H22N2O2. The fourth-order valence-corrected chi connectivity index (χ4v) is 1.70. The highest BCUT2D eigenvalue weighted by molar-refractivity contribution is 5.82. The summed E-state index contributed by atoms with van der Waals surface area (Å²) >= 11 is 0. The Hall–Kier alpha value is -0.610. The fraction of sp³-hybridized carbons (Fsp3) is 0.909. The number of likely N-dealkylation sites (N-methyl/N-ethyl adjacent to an activating group) is 1. The van der Waals surface area contributed by atoms with Crippen LogP contribution < -0.4 is 5.32 Å². The van der Waals surface area contributed by atoms with Crippen LogP contribution in [-0.4, -0.2) is 47.7 Å². The molecule has 1 heterocycles. The van der Waals surface area contributed by atoms with Gasteiger partial charge in [-0.3, -0.25) is 4.79 Å². The molecule has 0 saturated carbocycles. The van der Waals surface area contributed by atoms with E-state index >= 15 is 0 Å². The molecule has 0 unspecified atom stereocenters. The summed E-state index contributed by atoms with van der Waals surface area (Å²) in [5, 5.41) is 12.4. The van der Waals surface area contributed by atoms with Gasteiger partial charge >= 0.3 is 0 Å². The van der Waals surface area contributed by atoms with Crippen molar-refractivity contribution in [3.63, 3.8) is 0 Å². The summed E-state index contributed by atoms with van der Waals surface area (Å²) in [6, 6.07) is -0.0606. The average molecular weight is 214 g/mol. The molecular weight excluding hydrogens is 192 g/mol. The molecule has 0 radical (unpaired) electrons. The zero-order chi connectivity index (χ0) is 11.5. The zero-order valence-corrected chi connectivity index (χ0v) is 9.92. The van der Waals surface area contributed by atoms with Crippen LogP contribution in [0.2, 0.25) is 0 Å². The van der Waals surface area contributed by atoms with E-state index in [1.54, 1.807) is 11.9 Å². The molecule has 15 heavy (non-hydrogen) atoms. The van der Waals surface area contributed by atoms with E-state index in [0.717, 1.165) is 25.8 Å². The van der Waals surface area contributed by atoms with Gasteiger partial charge in [0.15, 0.2) is 0 Å². The van der Waals surface area contributed by atoms with Crippen molar-refractivity contribution in [2.24, 2.45) is 0 Å². The molecule has 4 nitrogen and oxygen atoms in total. The summed E-state index contributed by atoms with van der Waals surface area (Å²) in [5.74, 6) is 0.0914. The molecule has 1 amide bonds. The lowest BCUT2D eigenvalue weighted by atomic mass is 9.99. The number of nitrogens with one attached hydrogen (secondary N) is 1. The number of aliphatic hydroxyl groups excluding tert-OH is 1. The predicted octanol–water partition coefficient (Wildman–Crippen LogP) is 0.358. The van der Waals surface area contributed by atoms with Crippen molar-refractivity contribution in [1.82, 2.24) is 10.2 Å². The number of amides is 1. The minimum atomic E-state index is -0.476. The second-order valence-corrected chi connectivity index (χ2v) is 4.87. The van der Waals surface area contributed by atoms with Crippen LogP contribution in [0.3, 0.4) is 0 Å². The van der Waals surface area contributed by atoms with Gasteiger partial charge in [-0.25, -0.2) is 0 Å². The Bertz CT molecular complexity index is 223. The quantitative estimate of drug-likeness (QED) is 0.713. The highest BCUT2D eigenvalue weighted by Crippen LogP contribution is 2.16. The minimum Gasteiger partial charge on any atom is -0.394 e. The SMILES string of the molecule is CN(C(=O)[C@@H]1CCCCN1)C(C)(C)CO. The van der Waals surface area contributed by atoms with Crippen molar-refractivity contribution in [2.75, 3.05) is 20.2 Å². The average Bonchev–Trinajstić information content (AvgIpc) is 2.28. The lowest BCUT2D eigenvalue weighted by Crippen LogP contribution is -2.55. The van der Waals surface area contributed by atoms with Crippen LogP contribution in [0.15, 0.2) is 0 Å². The van der Waals surface area contributed by atoms with Crippen LogP contribution in [0.5, 0.6) is 0 Å². The molecule has 0 aliphatic carbocycles. The van der Waals surface area contributed by atoms with E-state index in [1.807, 2.05) is 13.8 Å².